The van der Waals surface area contributed by atoms with E-state index in [1.807, 2.05) is 66.7 Å². The van der Waals surface area contributed by atoms with E-state index in [1.54, 1.807) is 0 Å². The van der Waals surface area contributed by atoms with E-state index in [0.717, 1.165) is 53.8 Å². The first-order valence-corrected chi connectivity index (χ1v) is 11.2. The van der Waals surface area contributed by atoms with E-state index in [-0.39, 0.29) is 6.42 Å². The van der Waals surface area contributed by atoms with Crippen molar-refractivity contribution in [2.75, 3.05) is 18.5 Å². The van der Waals surface area contributed by atoms with Crippen LogP contribution >= 0.6 is 0 Å². The lowest BCUT2D eigenvalue weighted by Crippen LogP contribution is -2.08. The Morgan fingerprint density at radius 3 is 2.47 bits per heavy atom. The van der Waals surface area contributed by atoms with Gasteiger partial charge in [0.2, 0.25) is 0 Å². The lowest BCUT2D eigenvalue weighted by Gasteiger charge is -2.14. The van der Waals surface area contributed by atoms with Crippen LogP contribution in [0.1, 0.15) is 30.4 Å². The van der Waals surface area contributed by atoms with Gasteiger partial charge in [0, 0.05) is 12.2 Å². The van der Waals surface area contributed by atoms with Gasteiger partial charge in [-0.2, -0.15) is 0 Å². The normalized spacial score (nSPS) is 12.9. The summed E-state index contributed by atoms with van der Waals surface area (Å²) in [6.45, 7) is 1.41. The molecule has 2 N–H and O–H groups in total. The molecule has 0 unspecified atom stereocenters. The van der Waals surface area contributed by atoms with Gasteiger partial charge < -0.3 is 19.9 Å². The Bertz CT molecular complexity index is 1010. The molecule has 0 bridgehead atoms. The average molecular weight is 432 g/mol. The van der Waals surface area contributed by atoms with E-state index >= 15 is 0 Å². The Kier molecular flexibility index (Phi) is 7.28. The minimum atomic E-state index is -0.816. The van der Waals surface area contributed by atoms with Crippen LogP contribution in [0.2, 0.25) is 0 Å². The van der Waals surface area contributed by atoms with Crippen LogP contribution in [-0.4, -0.2) is 24.2 Å². The number of para-hydroxylation sites is 1. The predicted molar refractivity (Wildman–Crippen MR) is 126 cm³/mol. The van der Waals surface area contributed by atoms with Crippen LogP contribution in [-0.2, 0) is 17.6 Å². The maximum atomic E-state index is 10.8. The molecule has 1 fully saturated rings. The number of anilines is 1. The molecule has 0 aromatic heterocycles. The van der Waals surface area contributed by atoms with Crippen molar-refractivity contribution in [2.24, 2.45) is 5.92 Å². The third-order valence-electron chi connectivity index (χ3n) is 5.43. The molecule has 0 amide bonds. The average Bonchev–Trinajstić information content (AvgIpc) is 3.60. The summed E-state index contributed by atoms with van der Waals surface area (Å²) in [6.07, 6.45) is 4.52. The molecule has 0 heterocycles. The van der Waals surface area contributed by atoms with Gasteiger partial charge in [0.15, 0.2) is 0 Å². The van der Waals surface area contributed by atoms with Crippen molar-refractivity contribution in [3.63, 3.8) is 0 Å². The fourth-order valence-corrected chi connectivity index (χ4v) is 3.58. The van der Waals surface area contributed by atoms with Gasteiger partial charge in [-0.05, 0) is 85.2 Å². The van der Waals surface area contributed by atoms with Gasteiger partial charge in [-0.25, -0.2) is 0 Å². The molecule has 0 saturated heterocycles. The molecule has 0 spiro atoms. The first kappa shape index (κ1) is 21.8. The number of aliphatic carboxylic acids is 1. The number of carboxylic acids is 1. The summed E-state index contributed by atoms with van der Waals surface area (Å²) in [4.78, 5) is 10.8. The molecule has 5 heteroatoms. The zero-order valence-corrected chi connectivity index (χ0v) is 18.1. The van der Waals surface area contributed by atoms with Crippen LogP contribution in [0.25, 0.3) is 0 Å². The van der Waals surface area contributed by atoms with Crippen molar-refractivity contribution in [1.82, 2.24) is 0 Å². The number of carbonyl (C=O) groups is 1. The predicted octanol–water partition coefficient (Wildman–Crippen LogP) is 5.94. The maximum absolute atomic E-state index is 10.8. The minimum absolute atomic E-state index is 0.0481. The smallest absolute Gasteiger partial charge is 0.307 e. The molecule has 1 saturated carbocycles. The second-order valence-electron chi connectivity index (χ2n) is 8.23. The van der Waals surface area contributed by atoms with Crippen LogP contribution in [0.4, 0.5) is 5.69 Å². The van der Waals surface area contributed by atoms with Crippen LogP contribution in [0.15, 0.2) is 72.8 Å². The molecule has 1 aliphatic carbocycles. The number of nitrogens with one attached hydrogen (secondary N) is 1. The van der Waals surface area contributed by atoms with Crippen molar-refractivity contribution in [1.29, 1.82) is 0 Å². The summed E-state index contributed by atoms with van der Waals surface area (Å²) < 4.78 is 12.1. The van der Waals surface area contributed by atoms with E-state index in [2.05, 4.69) is 11.4 Å². The summed E-state index contributed by atoms with van der Waals surface area (Å²) in [5, 5.41) is 12.2. The van der Waals surface area contributed by atoms with Gasteiger partial charge in [0.05, 0.1) is 13.0 Å². The number of hydrogen-bond acceptors (Lipinski definition) is 4. The highest BCUT2D eigenvalue weighted by Gasteiger charge is 2.23. The van der Waals surface area contributed by atoms with Gasteiger partial charge in [-0.3, -0.25) is 4.79 Å². The van der Waals surface area contributed by atoms with E-state index < -0.39 is 5.97 Å². The summed E-state index contributed by atoms with van der Waals surface area (Å²) in [5.74, 6) is 2.56. The van der Waals surface area contributed by atoms with Crippen LogP contribution in [0.3, 0.4) is 0 Å². The Labute approximate surface area is 189 Å². The number of benzene rings is 3. The molecule has 32 heavy (non-hydrogen) atoms. The Balaban J connectivity index is 1.27. The zero-order valence-electron chi connectivity index (χ0n) is 18.1. The SMILES string of the molecule is O=C(O)Cc1ccc(NCCCOc2ccc(Oc3ccccc3)cc2CC2CC2)cc1. The number of carboxylic acid groups (broad SMARTS) is 1. The van der Waals surface area contributed by atoms with Crippen molar-refractivity contribution < 1.29 is 19.4 Å². The topological polar surface area (TPSA) is 67.8 Å². The number of ether oxygens (including phenoxy) is 2. The summed E-state index contributed by atoms with van der Waals surface area (Å²) in [5.41, 5.74) is 2.99. The number of hydrogen-bond donors (Lipinski definition) is 2. The monoisotopic (exact) mass is 431 g/mol. The van der Waals surface area contributed by atoms with E-state index in [0.29, 0.717) is 6.61 Å². The van der Waals surface area contributed by atoms with Crippen LogP contribution in [0, 0.1) is 5.92 Å². The second kappa shape index (κ2) is 10.7. The van der Waals surface area contributed by atoms with Gasteiger partial charge in [-0.1, -0.05) is 30.3 Å². The van der Waals surface area contributed by atoms with Gasteiger partial charge in [0.1, 0.15) is 17.2 Å². The highest BCUT2D eigenvalue weighted by Crippen LogP contribution is 2.37. The number of rotatable bonds is 12. The second-order valence-corrected chi connectivity index (χ2v) is 8.23. The summed E-state index contributed by atoms with van der Waals surface area (Å²) >= 11 is 0. The minimum Gasteiger partial charge on any atom is -0.493 e. The summed E-state index contributed by atoms with van der Waals surface area (Å²) in [7, 11) is 0. The Morgan fingerprint density at radius 2 is 1.75 bits per heavy atom. The summed E-state index contributed by atoms with van der Waals surface area (Å²) in [6, 6.07) is 23.4. The highest BCUT2D eigenvalue weighted by molar-refractivity contribution is 5.70. The van der Waals surface area contributed by atoms with Crippen molar-refractivity contribution in [3.05, 3.63) is 83.9 Å². The largest absolute Gasteiger partial charge is 0.493 e. The fourth-order valence-electron chi connectivity index (χ4n) is 3.58. The van der Waals surface area contributed by atoms with E-state index in [4.69, 9.17) is 14.6 Å². The molecule has 1 aliphatic rings. The molecule has 0 atom stereocenters. The third kappa shape index (κ3) is 6.77. The molecule has 3 aromatic carbocycles. The molecule has 0 aliphatic heterocycles. The van der Waals surface area contributed by atoms with Gasteiger partial charge >= 0.3 is 5.97 Å². The quantitative estimate of drug-likeness (QED) is 0.347. The van der Waals surface area contributed by atoms with Crippen LogP contribution < -0.4 is 14.8 Å². The lowest BCUT2D eigenvalue weighted by molar-refractivity contribution is -0.136. The van der Waals surface area contributed by atoms with Gasteiger partial charge in [-0.15, -0.1) is 0 Å². The van der Waals surface area contributed by atoms with Crippen LogP contribution in [0.5, 0.6) is 17.2 Å². The molecular formula is C27H29NO4. The molecule has 0 radical (unpaired) electrons. The first-order chi connectivity index (χ1) is 15.7. The fraction of sp³-hybridized carbons (Fsp3) is 0.296. The zero-order chi connectivity index (χ0) is 22.2. The molecule has 3 aromatic rings. The first-order valence-electron chi connectivity index (χ1n) is 11.2. The molecule has 5 nitrogen and oxygen atoms in total. The molecule has 4 rings (SSSR count). The Hall–Kier alpha value is -3.47. The highest BCUT2D eigenvalue weighted by atomic mass is 16.5. The maximum Gasteiger partial charge on any atom is 0.307 e. The van der Waals surface area contributed by atoms with Gasteiger partial charge in [0.25, 0.3) is 0 Å². The third-order valence-corrected chi connectivity index (χ3v) is 5.43. The van der Waals surface area contributed by atoms with Crippen molar-refractivity contribution in [3.8, 4) is 17.2 Å². The molecular weight excluding hydrogens is 402 g/mol. The van der Waals surface area contributed by atoms with E-state index in [9.17, 15) is 4.79 Å². The lowest BCUT2D eigenvalue weighted by atomic mass is 10.1. The van der Waals surface area contributed by atoms with E-state index in [1.165, 1.54) is 18.4 Å². The standard InChI is InChI=1S/C27H29NO4/c29-27(30)18-21-9-11-23(12-10-21)28-15-4-16-31-26-14-13-25(19-22(26)17-20-7-8-20)32-24-5-2-1-3-6-24/h1-3,5-6,9-14,19-20,28H,4,7-8,15-18H2,(H,29,30). The Morgan fingerprint density at radius 1 is 0.969 bits per heavy atom. The molecule has 166 valence electrons. The van der Waals surface area contributed by atoms with Crippen molar-refractivity contribution in [2.45, 2.75) is 32.1 Å². The van der Waals surface area contributed by atoms with Crippen molar-refractivity contribution >= 4 is 11.7 Å².